The Balaban J connectivity index is 1.42. The molecule has 0 unspecified atom stereocenters. The number of rotatable bonds is 6. The fraction of sp³-hybridized carbons (Fsp3) is 0.174. The first-order valence-corrected chi connectivity index (χ1v) is 10.4. The van der Waals surface area contributed by atoms with Crippen LogP contribution in [-0.2, 0) is 6.54 Å². The maximum Gasteiger partial charge on any atom is 0.253 e. The van der Waals surface area contributed by atoms with E-state index in [4.69, 9.17) is 11.6 Å². The summed E-state index contributed by atoms with van der Waals surface area (Å²) >= 11 is 6.41. The molecule has 2 heterocycles. The highest BCUT2D eigenvalue weighted by Gasteiger charge is 2.25. The van der Waals surface area contributed by atoms with Gasteiger partial charge < -0.3 is 10.6 Å². The Hall–Kier alpha value is -3.45. The third kappa shape index (κ3) is 3.96. The maximum absolute atomic E-state index is 13.9. The average molecular weight is 436 g/mol. The molecular weight excluding hydrogens is 417 g/mol. The zero-order chi connectivity index (χ0) is 21.4. The second-order valence-corrected chi connectivity index (χ2v) is 7.91. The molecule has 1 saturated carbocycles. The number of amides is 1. The molecule has 31 heavy (non-hydrogen) atoms. The first kappa shape index (κ1) is 19.5. The highest BCUT2D eigenvalue weighted by molar-refractivity contribution is 6.34. The quantitative estimate of drug-likeness (QED) is 0.460. The Morgan fingerprint density at radius 3 is 2.81 bits per heavy atom. The van der Waals surface area contributed by atoms with Crippen LogP contribution >= 0.6 is 11.6 Å². The van der Waals surface area contributed by atoms with Crippen molar-refractivity contribution < 1.29 is 9.18 Å². The number of nitrogens with zero attached hydrogens (tertiary/aromatic N) is 3. The van der Waals surface area contributed by atoms with Gasteiger partial charge >= 0.3 is 0 Å². The van der Waals surface area contributed by atoms with Crippen molar-refractivity contribution in [3.8, 4) is 11.3 Å². The van der Waals surface area contributed by atoms with Gasteiger partial charge in [0.1, 0.15) is 5.82 Å². The maximum atomic E-state index is 13.9. The predicted octanol–water partition coefficient (Wildman–Crippen LogP) is 4.69. The van der Waals surface area contributed by atoms with Gasteiger partial charge in [-0.2, -0.15) is 0 Å². The van der Waals surface area contributed by atoms with Gasteiger partial charge in [0.2, 0.25) is 0 Å². The van der Waals surface area contributed by atoms with Crippen LogP contribution in [0.3, 0.4) is 0 Å². The van der Waals surface area contributed by atoms with Gasteiger partial charge in [-0.3, -0.25) is 9.20 Å². The van der Waals surface area contributed by atoms with E-state index in [0.717, 1.165) is 24.1 Å². The fourth-order valence-electron chi connectivity index (χ4n) is 3.43. The number of hydrogen-bond donors (Lipinski definition) is 2. The monoisotopic (exact) mass is 435 g/mol. The van der Waals surface area contributed by atoms with E-state index in [1.165, 1.54) is 6.07 Å². The van der Waals surface area contributed by atoms with Crippen LogP contribution in [0.2, 0.25) is 5.02 Å². The summed E-state index contributed by atoms with van der Waals surface area (Å²) < 4.78 is 15.8. The van der Waals surface area contributed by atoms with Gasteiger partial charge in [0.05, 0.1) is 22.5 Å². The summed E-state index contributed by atoms with van der Waals surface area (Å²) in [6.07, 6.45) is 7.21. The van der Waals surface area contributed by atoms with Crippen LogP contribution in [0.1, 0.15) is 28.8 Å². The third-order valence-electron chi connectivity index (χ3n) is 5.25. The molecule has 0 aliphatic heterocycles. The molecule has 1 aliphatic rings. The molecule has 4 aromatic rings. The Labute approximate surface area is 183 Å². The zero-order valence-corrected chi connectivity index (χ0v) is 17.2. The van der Waals surface area contributed by atoms with E-state index in [0.29, 0.717) is 27.6 Å². The van der Waals surface area contributed by atoms with Crippen molar-refractivity contribution in [2.75, 3.05) is 5.32 Å². The van der Waals surface area contributed by atoms with Gasteiger partial charge in [0.25, 0.3) is 5.91 Å². The summed E-state index contributed by atoms with van der Waals surface area (Å²) in [6, 6.07) is 12.2. The van der Waals surface area contributed by atoms with Gasteiger partial charge in [-0.1, -0.05) is 35.9 Å². The summed E-state index contributed by atoms with van der Waals surface area (Å²) in [6.45, 7) is 0.290. The van der Waals surface area contributed by atoms with Crippen molar-refractivity contribution in [2.45, 2.75) is 25.4 Å². The van der Waals surface area contributed by atoms with E-state index >= 15 is 0 Å². The van der Waals surface area contributed by atoms with Crippen LogP contribution in [0.4, 0.5) is 10.2 Å². The number of halogens is 2. The standard InChI is InChI=1S/C23H19ClFN5O/c24-18-11-14(5-8-17(18)23(31)29-16-6-7-16)20-13-28-22-21(26-9-10-30(20)22)27-12-15-3-1-2-4-19(15)25/h1-5,8-11,13,16H,6-7,12H2,(H,26,27)(H,29,31). The lowest BCUT2D eigenvalue weighted by Gasteiger charge is -2.10. The van der Waals surface area contributed by atoms with Crippen LogP contribution in [0, 0.1) is 5.82 Å². The summed E-state index contributed by atoms with van der Waals surface area (Å²) in [5, 5.41) is 6.49. The van der Waals surface area contributed by atoms with Gasteiger partial charge in [0, 0.05) is 36.1 Å². The number of imidazole rings is 1. The summed E-state index contributed by atoms with van der Waals surface area (Å²) in [4.78, 5) is 21.2. The number of anilines is 1. The highest BCUT2D eigenvalue weighted by atomic mass is 35.5. The number of nitrogens with one attached hydrogen (secondary N) is 2. The normalized spacial score (nSPS) is 13.4. The lowest BCUT2D eigenvalue weighted by atomic mass is 10.1. The molecule has 8 heteroatoms. The van der Waals surface area contributed by atoms with Crippen molar-refractivity contribution in [3.05, 3.63) is 83.0 Å². The number of benzene rings is 2. The molecule has 156 valence electrons. The minimum absolute atomic E-state index is 0.152. The minimum atomic E-state index is -0.272. The molecular formula is C23H19ClFN5O. The zero-order valence-electron chi connectivity index (χ0n) is 16.5. The molecule has 1 fully saturated rings. The van der Waals surface area contributed by atoms with Crippen LogP contribution < -0.4 is 10.6 Å². The van der Waals surface area contributed by atoms with E-state index in [2.05, 4.69) is 20.6 Å². The molecule has 2 aromatic heterocycles. The molecule has 5 rings (SSSR count). The van der Waals surface area contributed by atoms with E-state index in [1.54, 1.807) is 48.9 Å². The van der Waals surface area contributed by atoms with Crippen molar-refractivity contribution in [1.82, 2.24) is 19.7 Å². The SMILES string of the molecule is O=C(NC1CC1)c1ccc(-c2cnc3c(NCc4ccccc4F)nccn23)cc1Cl. The third-order valence-corrected chi connectivity index (χ3v) is 5.57. The first-order valence-electron chi connectivity index (χ1n) is 10.0. The van der Waals surface area contributed by atoms with Crippen LogP contribution in [-0.4, -0.2) is 26.3 Å². The Morgan fingerprint density at radius 2 is 2.03 bits per heavy atom. The highest BCUT2D eigenvalue weighted by Crippen LogP contribution is 2.28. The Bertz CT molecular complexity index is 1280. The number of carbonyl (C=O) groups is 1. The number of hydrogen-bond acceptors (Lipinski definition) is 4. The van der Waals surface area contributed by atoms with Crippen molar-refractivity contribution in [1.29, 1.82) is 0 Å². The number of aromatic nitrogens is 3. The molecule has 6 nitrogen and oxygen atoms in total. The topological polar surface area (TPSA) is 71.3 Å². The molecule has 0 radical (unpaired) electrons. The molecule has 0 atom stereocenters. The van der Waals surface area contributed by atoms with Crippen molar-refractivity contribution in [2.24, 2.45) is 0 Å². The van der Waals surface area contributed by atoms with Gasteiger partial charge in [0.15, 0.2) is 11.5 Å². The van der Waals surface area contributed by atoms with Crippen LogP contribution in [0.15, 0.2) is 61.1 Å². The molecule has 0 bridgehead atoms. The molecule has 0 spiro atoms. The minimum Gasteiger partial charge on any atom is -0.363 e. The van der Waals surface area contributed by atoms with Crippen molar-refractivity contribution in [3.63, 3.8) is 0 Å². The Morgan fingerprint density at radius 1 is 1.19 bits per heavy atom. The van der Waals surface area contributed by atoms with E-state index in [-0.39, 0.29) is 24.3 Å². The number of fused-ring (bicyclic) bond motifs is 1. The molecule has 0 saturated heterocycles. The largest absolute Gasteiger partial charge is 0.363 e. The lowest BCUT2D eigenvalue weighted by molar-refractivity contribution is 0.0951. The van der Waals surface area contributed by atoms with Crippen LogP contribution in [0.25, 0.3) is 16.9 Å². The smallest absolute Gasteiger partial charge is 0.253 e. The average Bonchev–Trinajstić information content (AvgIpc) is 3.47. The first-order chi connectivity index (χ1) is 15.1. The second kappa shape index (κ2) is 8.00. The molecule has 2 N–H and O–H groups in total. The fourth-order valence-corrected chi connectivity index (χ4v) is 3.69. The number of carbonyl (C=O) groups excluding carboxylic acids is 1. The second-order valence-electron chi connectivity index (χ2n) is 7.50. The lowest BCUT2D eigenvalue weighted by Crippen LogP contribution is -2.25. The van der Waals surface area contributed by atoms with Gasteiger partial charge in [-0.05, 0) is 31.0 Å². The Kier molecular flexibility index (Phi) is 5.03. The summed E-state index contributed by atoms with van der Waals surface area (Å²) in [7, 11) is 0. The summed E-state index contributed by atoms with van der Waals surface area (Å²) in [5.74, 6) is 0.121. The van der Waals surface area contributed by atoms with E-state index in [1.807, 2.05) is 10.5 Å². The van der Waals surface area contributed by atoms with E-state index in [9.17, 15) is 9.18 Å². The van der Waals surface area contributed by atoms with Gasteiger partial charge in [-0.15, -0.1) is 0 Å². The van der Waals surface area contributed by atoms with Gasteiger partial charge in [-0.25, -0.2) is 14.4 Å². The van der Waals surface area contributed by atoms with E-state index < -0.39 is 0 Å². The summed E-state index contributed by atoms with van der Waals surface area (Å²) in [5.41, 5.74) is 3.25. The molecule has 1 aliphatic carbocycles. The predicted molar refractivity (Wildman–Crippen MR) is 118 cm³/mol. The molecule has 2 aromatic carbocycles. The van der Waals surface area contributed by atoms with Crippen LogP contribution in [0.5, 0.6) is 0 Å². The van der Waals surface area contributed by atoms with Crippen molar-refractivity contribution >= 4 is 29.0 Å². The molecule has 1 amide bonds.